The van der Waals surface area contributed by atoms with Crippen molar-refractivity contribution in [2.45, 2.75) is 13.8 Å². The third kappa shape index (κ3) is 3.82. The molecule has 0 aliphatic heterocycles. The summed E-state index contributed by atoms with van der Waals surface area (Å²) >= 11 is 0. The zero-order valence-corrected chi connectivity index (χ0v) is 11.8. The van der Waals surface area contributed by atoms with Crippen LogP contribution in [0.25, 0.3) is 5.57 Å². The van der Waals surface area contributed by atoms with Gasteiger partial charge in [-0.1, -0.05) is 42.0 Å². The third-order valence-electron chi connectivity index (χ3n) is 3.16. The highest BCUT2D eigenvalue weighted by molar-refractivity contribution is 5.76. The van der Waals surface area contributed by atoms with E-state index in [1.54, 1.807) is 0 Å². The zero-order valence-electron chi connectivity index (χ0n) is 11.8. The number of ether oxygens (including phenoxy) is 1. The van der Waals surface area contributed by atoms with Gasteiger partial charge in [0.25, 0.3) is 0 Å². The highest BCUT2D eigenvalue weighted by Gasteiger charge is 1.97. The van der Waals surface area contributed by atoms with Crippen molar-refractivity contribution in [3.63, 3.8) is 0 Å². The predicted octanol–water partition coefficient (Wildman–Crippen LogP) is 4.29. The first kappa shape index (κ1) is 14.1. The van der Waals surface area contributed by atoms with Crippen molar-refractivity contribution in [1.82, 2.24) is 0 Å². The maximum atomic E-state index is 10.6. The largest absolute Gasteiger partial charge is 0.490 e. The van der Waals surface area contributed by atoms with E-state index < -0.39 is 0 Å². The number of aryl methyl sites for hydroxylation is 1. The maximum Gasteiger partial charge on any atom is 0.150 e. The van der Waals surface area contributed by atoms with Crippen LogP contribution < -0.4 is 4.74 Å². The number of benzene rings is 2. The lowest BCUT2D eigenvalue weighted by Crippen LogP contribution is -1.94. The summed E-state index contributed by atoms with van der Waals surface area (Å²) in [4.78, 5) is 10.6. The number of hydrogen-bond acceptors (Lipinski definition) is 2. The van der Waals surface area contributed by atoms with E-state index in [9.17, 15) is 4.79 Å². The van der Waals surface area contributed by atoms with Crippen LogP contribution in [0, 0.1) is 6.92 Å². The van der Waals surface area contributed by atoms with Crippen molar-refractivity contribution < 1.29 is 9.53 Å². The van der Waals surface area contributed by atoms with Crippen LogP contribution in [0.5, 0.6) is 5.75 Å². The smallest absolute Gasteiger partial charge is 0.150 e. The van der Waals surface area contributed by atoms with Crippen LogP contribution in [0.3, 0.4) is 0 Å². The van der Waals surface area contributed by atoms with Crippen molar-refractivity contribution in [1.29, 1.82) is 0 Å². The van der Waals surface area contributed by atoms with Gasteiger partial charge in [-0.15, -0.1) is 0 Å². The normalized spacial score (nSPS) is 11.2. The molecule has 0 amide bonds. The minimum absolute atomic E-state index is 0.532. The van der Waals surface area contributed by atoms with Crippen molar-refractivity contribution in [3.8, 4) is 5.75 Å². The van der Waals surface area contributed by atoms with Crippen LogP contribution in [0.4, 0.5) is 0 Å². The maximum absolute atomic E-state index is 10.6. The molecule has 0 unspecified atom stereocenters. The molecule has 0 N–H and O–H groups in total. The van der Waals surface area contributed by atoms with Crippen molar-refractivity contribution in [3.05, 3.63) is 71.3 Å². The molecule has 2 aromatic rings. The van der Waals surface area contributed by atoms with Gasteiger partial charge in [0.1, 0.15) is 18.6 Å². The second-order valence-electron chi connectivity index (χ2n) is 4.75. The highest BCUT2D eigenvalue weighted by atomic mass is 16.5. The first-order chi connectivity index (χ1) is 9.69. The van der Waals surface area contributed by atoms with E-state index in [0.29, 0.717) is 12.2 Å². The van der Waals surface area contributed by atoms with Crippen LogP contribution in [-0.4, -0.2) is 12.9 Å². The molecular formula is C18H18O2. The second kappa shape index (κ2) is 6.71. The molecule has 0 bridgehead atoms. The van der Waals surface area contributed by atoms with Gasteiger partial charge in [-0.25, -0.2) is 0 Å². The quantitative estimate of drug-likeness (QED) is 0.755. The van der Waals surface area contributed by atoms with Crippen molar-refractivity contribution in [2.24, 2.45) is 0 Å². The lowest BCUT2D eigenvalue weighted by atomic mass is 10.1. The molecule has 0 aromatic heterocycles. The van der Waals surface area contributed by atoms with Crippen LogP contribution in [0.15, 0.2) is 54.6 Å². The lowest BCUT2D eigenvalue weighted by molar-refractivity contribution is 0.112. The average Bonchev–Trinajstić information content (AvgIpc) is 2.49. The second-order valence-corrected chi connectivity index (χ2v) is 4.75. The number of aldehydes is 1. The minimum Gasteiger partial charge on any atom is -0.490 e. The van der Waals surface area contributed by atoms with Crippen molar-refractivity contribution >= 4 is 11.9 Å². The molecule has 20 heavy (non-hydrogen) atoms. The molecule has 0 radical (unpaired) electrons. The molecule has 0 saturated heterocycles. The molecule has 0 aliphatic rings. The molecule has 0 aliphatic carbocycles. The van der Waals surface area contributed by atoms with Gasteiger partial charge in [0.15, 0.2) is 0 Å². The number of carbonyl (C=O) groups is 1. The van der Waals surface area contributed by atoms with E-state index in [1.165, 1.54) is 5.56 Å². The van der Waals surface area contributed by atoms with Crippen LogP contribution in [0.1, 0.15) is 28.4 Å². The summed E-state index contributed by atoms with van der Waals surface area (Å²) in [7, 11) is 0. The first-order valence-corrected chi connectivity index (χ1v) is 6.61. The predicted molar refractivity (Wildman–Crippen MR) is 82.2 cm³/mol. The summed E-state index contributed by atoms with van der Waals surface area (Å²) in [6.07, 6.45) is 2.89. The number of carbonyl (C=O) groups excluding carboxylic acids is 1. The molecule has 0 atom stereocenters. The Kier molecular flexibility index (Phi) is 4.72. The van der Waals surface area contributed by atoms with E-state index in [1.807, 2.05) is 61.5 Å². The van der Waals surface area contributed by atoms with E-state index in [4.69, 9.17) is 4.74 Å². The Bertz CT molecular complexity index is 592. The van der Waals surface area contributed by atoms with Gasteiger partial charge in [0.2, 0.25) is 0 Å². The molecule has 2 aromatic carbocycles. The summed E-state index contributed by atoms with van der Waals surface area (Å²) in [6, 6.07) is 15.5. The molecule has 102 valence electrons. The number of allylic oxidation sites excluding steroid dienone is 1. The van der Waals surface area contributed by atoms with Gasteiger partial charge in [0.05, 0.1) is 0 Å². The van der Waals surface area contributed by atoms with E-state index in [-0.39, 0.29) is 0 Å². The molecule has 0 saturated carbocycles. The van der Waals surface area contributed by atoms with Crippen LogP contribution in [-0.2, 0) is 0 Å². The van der Waals surface area contributed by atoms with Gasteiger partial charge < -0.3 is 4.74 Å². The fourth-order valence-corrected chi connectivity index (χ4v) is 1.84. The number of rotatable bonds is 5. The highest BCUT2D eigenvalue weighted by Crippen LogP contribution is 2.15. The average molecular weight is 266 g/mol. The summed E-state index contributed by atoms with van der Waals surface area (Å²) in [6.45, 7) is 4.62. The molecule has 0 fully saturated rings. The summed E-state index contributed by atoms with van der Waals surface area (Å²) < 4.78 is 5.67. The van der Waals surface area contributed by atoms with Gasteiger partial charge in [-0.05, 0) is 43.2 Å². The Hall–Kier alpha value is -2.35. The summed E-state index contributed by atoms with van der Waals surface area (Å²) in [5, 5.41) is 0. The molecule has 2 heteroatoms. The molecule has 2 rings (SSSR count). The summed E-state index contributed by atoms with van der Waals surface area (Å²) in [5.41, 5.74) is 4.15. The van der Waals surface area contributed by atoms with Crippen LogP contribution >= 0.6 is 0 Å². The summed E-state index contributed by atoms with van der Waals surface area (Å²) in [5.74, 6) is 0.871. The molecule has 0 heterocycles. The van der Waals surface area contributed by atoms with E-state index >= 15 is 0 Å². The Morgan fingerprint density at radius 3 is 2.30 bits per heavy atom. The van der Waals surface area contributed by atoms with E-state index in [0.717, 1.165) is 23.2 Å². The Balaban J connectivity index is 1.96. The number of hydrogen-bond donors (Lipinski definition) is 0. The zero-order chi connectivity index (χ0) is 14.4. The van der Waals surface area contributed by atoms with Crippen molar-refractivity contribution in [2.75, 3.05) is 6.61 Å². The van der Waals surface area contributed by atoms with Gasteiger partial charge in [-0.2, -0.15) is 0 Å². The SMILES string of the molecule is C/C(=C\COc1ccc(C)cc1)c1ccc(C=O)cc1. The molecule has 0 spiro atoms. The minimum atomic E-state index is 0.532. The van der Waals surface area contributed by atoms with Crippen LogP contribution in [0.2, 0.25) is 0 Å². The lowest BCUT2D eigenvalue weighted by Gasteiger charge is -2.05. The van der Waals surface area contributed by atoms with Gasteiger partial charge >= 0.3 is 0 Å². The third-order valence-corrected chi connectivity index (χ3v) is 3.16. The Labute approximate surface area is 119 Å². The van der Waals surface area contributed by atoms with Gasteiger partial charge in [0, 0.05) is 5.56 Å². The Morgan fingerprint density at radius 1 is 1.05 bits per heavy atom. The fraction of sp³-hybridized carbons (Fsp3) is 0.167. The molecule has 2 nitrogen and oxygen atoms in total. The standard InChI is InChI=1S/C18H18O2/c1-14-3-9-18(10-4-14)20-12-11-15(2)17-7-5-16(13-19)6-8-17/h3-11,13H,12H2,1-2H3/b15-11+. The van der Waals surface area contributed by atoms with Gasteiger partial charge in [-0.3, -0.25) is 4.79 Å². The monoisotopic (exact) mass is 266 g/mol. The topological polar surface area (TPSA) is 26.3 Å². The Morgan fingerprint density at radius 2 is 1.70 bits per heavy atom. The molecular weight excluding hydrogens is 248 g/mol. The fourth-order valence-electron chi connectivity index (χ4n) is 1.84. The van der Waals surface area contributed by atoms with E-state index in [2.05, 4.69) is 6.92 Å². The first-order valence-electron chi connectivity index (χ1n) is 6.61.